The average Bonchev–Trinajstić information content (AvgIpc) is 2.29. The quantitative estimate of drug-likeness (QED) is 0.758. The normalized spacial score (nSPS) is 11.9. The van der Waals surface area contributed by atoms with Crippen molar-refractivity contribution in [3.63, 3.8) is 0 Å². The van der Waals surface area contributed by atoms with Crippen molar-refractivity contribution in [3.8, 4) is 0 Å². The summed E-state index contributed by atoms with van der Waals surface area (Å²) in [6.45, 7) is 2.04. The molecule has 1 aromatic carbocycles. The van der Waals surface area contributed by atoms with E-state index in [1.165, 1.54) is 0 Å². The van der Waals surface area contributed by atoms with Gasteiger partial charge in [-0.2, -0.15) is 0 Å². The van der Waals surface area contributed by atoms with E-state index < -0.39 is 0 Å². The SMILES string of the molecule is CC(CCCO)NC(=O)Nc1ccc(Cl)cc1. The molecular formula is C12H17ClN2O2. The van der Waals surface area contributed by atoms with Gasteiger partial charge in [0, 0.05) is 23.4 Å². The molecule has 1 unspecified atom stereocenters. The van der Waals surface area contributed by atoms with Crippen LogP contribution in [0.4, 0.5) is 10.5 Å². The Morgan fingerprint density at radius 1 is 1.41 bits per heavy atom. The van der Waals surface area contributed by atoms with E-state index in [1.807, 2.05) is 6.92 Å². The number of amides is 2. The number of hydrogen-bond acceptors (Lipinski definition) is 2. The molecule has 0 saturated carbocycles. The van der Waals surface area contributed by atoms with Crippen LogP contribution >= 0.6 is 11.6 Å². The molecule has 4 nitrogen and oxygen atoms in total. The van der Waals surface area contributed by atoms with E-state index in [4.69, 9.17) is 16.7 Å². The number of nitrogens with one attached hydrogen (secondary N) is 2. The number of carbonyl (C=O) groups excluding carboxylic acids is 1. The fourth-order valence-electron chi connectivity index (χ4n) is 1.39. The maximum absolute atomic E-state index is 11.6. The predicted octanol–water partition coefficient (Wildman–Crippen LogP) is 2.62. The molecule has 0 spiro atoms. The highest BCUT2D eigenvalue weighted by Crippen LogP contribution is 2.13. The van der Waals surface area contributed by atoms with Crippen LogP contribution in [0.25, 0.3) is 0 Å². The topological polar surface area (TPSA) is 61.4 Å². The van der Waals surface area contributed by atoms with Gasteiger partial charge in [-0.15, -0.1) is 0 Å². The lowest BCUT2D eigenvalue weighted by molar-refractivity contribution is 0.245. The van der Waals surface area contributed by atoms with Crippen LogP contribution in [-0.2, 0) is 0 Å². The molecule has 0 aliphatic carbocycles. The average molecular weight is 257 g/mol. The van der Waals surface area contributed by atoms with E-state index in [2.05, 4.69) is 10.6 Å². The Hall–Kier alpha value is -1.26. The maximum atomic E-state index is 11.6. The number of hydrogen-bond donors (Lipinski definition) is 3. The molecule has 94 valence electrons. The summed E-state index contributed by atoms with van der Waals surface area (Å²) >= 11 is 5.74. The van der Waals surface area contributed by atoms with Crippen LogP contribution in [0, 0.1) is 0 Å². The number of halogens is 1. The first-order chi connectivity index (χ1) is 8.11. The number of urea groups is 1. The zero-order valence-electron chi connectivity index (χ0n) is 9.74. The molecule has 1 rings (SSSR count). The van der Waals surface area contributed by atoms with Gasteiger partial charge in [-0.1, -0.05) is 11.6 Å². The fourth-order valence-corrected chi connectivity index (χ4v) is 1.52. The summed E-state index contributed by atoms with van der Waals surface area (Å²) in [7, 11) is 0. The van der Waals surface area contributed by atoms with E-state index in [0.717, 1.165) is 6.42 Å². The van der Waals surface area contributed by atoms with Crippen molar-refractivity contribution in [3.05, 3.63) is 29.3 Å². The lowest BCUT2D eigenvalue weighted by Crippen LogP contribution is -2.36. The highest BCUT2D eigenvalue weighted by Gasteiger charge is 2.06. The second-order valence-corrected chi connectivity index (χ2v) is 4.31. The van der Waals surface area contributed by atoms with Crippen LogP contribution in [0.5, 0.6) is 0 Å². The van der Waals surface area contributed by atoms with Gasteiger partial charge >= 0.3 is 6.03 Å². The molecule has 0 saturated heterocycles. The van der Waals surface area contributed by atoms with Crippen LogP contribution in [0.2, 0.25) is 5.02 Å². The second-order valence-electron chi connectivity index (χ2n) is 3.87. The summed E-state index contributed by atoms with van der Waals surface area (Å²) in [5.41, 5.74) is 0.696. The van der Waals surface area contributed by atoms with Crippen LogP contribution in [0.15, 0.2) is 24.3 Å². The Morgan fingerprint density at radius 2 is 2.06 bits per heavy atom. The minimum absolute atomic E-state index is 0.0365. The summed E-state index contributed by atoms with van der Waals surface area (Å²) in [5.74, 6) is 0. The van der Waals surface area contributed by atoms with E-state index in [0.29, 0.717) is 17.1 Å². The smallest absolute Gasteiger partial charge is 0.319 e. The van der Waals surface area contributed by atoms with Gasteiger partial charge in [-0.05, 0) is 44.0 Å². The van der Waals surface area contributed by atoms with Gasteiger partial charge in [0.15, 0.2) is 0 Å². The van der Waals surface area contributed by atoms with Gasteiger partial charge in [-0.25, -0.2) is 4.79 Å². The first-order valence-electron chi connectivity index (χ1n) is 5.55. The number of aliphatic hydroxyl groups excluding tert-OH is 1. The van der Waals surface area contributed by atoms with Crippen molar-refractivity contribution in [1.29, 1.82) is 0 Å². The molecule has 1 aromatic rings. The second kappa shape index (κ2) is 7.14. The van der Waals surface area contributed by atoms with Gasteiger partial charge in [0.25, 0.3) is 0 Å². The number of benzene rings is 1. The number of anilines is 1. The van der Waals surface area contributed by atoms with Crippen molar-refractivity contribution in [2.75, 3.05) is 11.9 Å². The molecule has 0 heterocycles. The summed E-state index contributed by atoms with van der Waals surface area (Å²) < 4.78 is 0. The standard InChI is InChI=1S/C12H17ClN2O2/c1-9(3-2-8-16)14-12(17)15-11-6-4-10(13)5-7-11/h4-7,9,16H,2-3,8H2,1H3,(H2,14,15,17). The molecular weight excluding hydrogens is 240 g/mol. The largest absolute Gasteiger partial charge is 0.396 e. The van der Waals surface area contributed by atoms with E-state index in [1.54, 1.807) is 24.3 Å². The number of aliphatic hydroxyl groups is 1. The van der Waals surface area contributed by atoms with Crippen LogP contribution < -0.4 is 10.6 Å². The molecule has 2 amide bonds. The van der Waals surface area contributed by atoms with Gasteiger partial charge in [0.2, 0.25) is 0 Å². The Balaban J connectivity index is 2.36. The van der Waals surface area contributed by atoms with Crippen LogP contribution in [0.1, 0.15) is 19.8 Å². The summed E-state index contributed by atoms with van der Waals surface area (Å²) in [6, 6.07) is 6.69. The highest BCUT2D eigenvalue weighted by molar-refractivity contribution is 6.30. The van der Waals surface area contributed by atoms with Crippen molar-refractivity contribution < 1.29 is 9.90 Å². The van der Waals surface area contributed by atoms with E-state index in [-0.39, 0.29) is 18.7 Å². The first-order valence-corrected chi connectivity index (χ1v) is 5.93. The minimum Gasteiger partial charge on any atom is -0.396 e. The van der Waals surface area contributed by atoms with Crippen LogP contribution in [-0.4, -0.2) is 23.8 Å². The zero-order chi connectivity index (χ0) is 12.7. The maximum Gasteiger partial charge on any atom is 0.319 e. The molecule has 1 atom stereocenters. The predicted molar refractivity (Wildman–Crippen MR) is 69.4 cm³/mol. The minimum atomic E-state index is -0.252. The molecule has 5 heteroatoms. The monoisotopic (exact) mass is 256 g/mol. The lowest BCUT2D eigenvalue weighted by Gasteiger charge is -2.14. The van der Waals surface area contributed by atoms with E-state index >= 15 is 0 Å². The third-order valence-corrected chi connectivity index (χ3v) is 2.53. The van der Waals surface area contributed by atoms with Gasteiger partial charge in [0.05, 0.1) is 0 Å². The molecule has 0 aliphatic rings. The lowest BCUT2D eigenvalue weighted by atomic mass is 10.2. The molecule has 0 radical (unpaired) electrons. The fraction of sp³-hybridized carbons (Fsp3) is 0.417. The first kappa shape index (κ1) is 13.8. The number of rotatable bonds is 5. The zero-order valence-corrected chi connectivity index (χ0v) is 10.5. The van der Waals surface area contributed by atoms with Crippen molar-refractivity contribution in [1.82, 2.24) is 5.32 Å². The van der Waals surface area contributed by atoms with E-state index in [9.17, 15) is 4.79 Å². The summed E-state index contributed by atoms with van der Waals surface area (Å²) in [4.78, 5) is 11.6. The molecule has 0 aliphatic heterocycles. The molecule has 0 fully saturated rings. The third kappa shape index (κ3) is 5.56. The Kier molecular flexibility index (Phi) is 5.80. The third-order valence-electron chi connectivity index (χ3n) is 2.27. The molecule has 17 heavy (non-hydrogen) atoms. The molecule has 0 bridgehead atoms. The number of carbonyl (C=O) groups is 1. The van der Waals surface area contributed by atoms with Gasteiger partial charge in [-0.3, -0.25) is 0 Å². The Bertz CT molecular complexity index is 354. The van der Waals surface area contributed by atoms with Gasteiger partial charge < -0.3 is 15.7 Å². The summed E-state index contributed by atoms with van der Waals surface area (Å²) in [5, 5.41) is 14.8. The Morgan fingerprint density at radius 3 is 2.65 bits per heavy atom. The van der Waals surface area contributed by atoms with Crippen molar-refractivity contribution in [2.24, 2.45) is 0 Å². The van der Waals surface area contributed by atoms with Gasteiger partial charge in [0.1, 0.15) is 0 Å². The van der Waals surface area contributed by atoms with Crippen molar-refractivity contribution in [2.45, 2.75) is 25.8 Å². The van der Waals surface area contributed by atoms with Crippen molar-refractivity contribution >= 4 is 23.3 Å². The molecule has 0 aromatic heterocycles. The highest BCUT2D eigenvalue weighted by atomic mass is 35.5. The van der Waals surface area contributed by atoms with Crippen LogP contribution in [0.3, 0.4) is 0 Å². The Labute approximate surface area is 106 Å². The summed E-state index contributed by atoms with van der Waals surface area (Å²) in [6.07, 6.45) is 1.44. The molecule has 3 N–H and O–H groups in total.